The molecule has 1 N–H and O–H groups in total. The summed E-state index contributed by atoms with van der Waals surface area (Å²) in [6.45, 7) is 0. The molecule has 3 heterocycles. The molecule has 2 fully saturated rings. The lowest BCUT2D eigenvalue weighted by atomic mass is 9.99. The summed E-state index contributed by atoms with van der Waals surface area (Å²) in [7, 11) is 2.07. The fourth-order valence-corrected chi connectivity index (χ4v) is 4.15. The number of hydrogen-bond donors (Lipinski definition) is 1. The van der Waals surface area contributed by atoms with E-state index < -0.39 is 0 Å². The normalized spacial score (nSPS) is 25.1. The van der Waals surface area contributed by atoms with E-state index in [0.717, 1.165) is 10.8 Å². The Balaban J connectivity index is 1.66. The molecule has 1 aliphatic heterocycles. The smallest absolute Gasteiger partial charge is 0.169 e. The molecule has 1 aliphatic carbocycles. The van der Waals surface area contributed by atoms with E-state index in [9.17, 15) is 0 Å². The summed E-state index contributed by atoms with van der Waals surface area (Å²) in [6, 6.07) is 9.26. The number of aromatic nitrogens is 2. The molecule has 0 aromatic carbocycles. The molecule has 0 radical (unpaired) electrons. The summed E-state index contributed by atoms with van der Waals surface area (Å²) >= 11 is 5.49. The van der Waals surface area contributed by atoms with E-state index >= 15 is 0 Å². The molecule has 2 unspecified atom stereocenters. The van der Waals surface area contributed by atoms with Crippen LogP contribution in [0.3, 0.4) is 0 Å². The highest BCUT2D eigenvalue weighted by Crippen LogP contribution is 2.38. The predicted octanol–water partition coefficient (Wildman–Crippen LogP) is 3.60. The maximum absolute atomic E-state index is 5.49. The Bertz CT molecular complexity index is 690. The van der Waals surface area contributed by atoms with Gasteiger partial charge in [-0.1, -0.05) is 18.9 Å². The van der Waals surface area contributed by atoms with Gasteiger partial charge in [0.1, 0.15) is 0 Å². The van der Waals surface area contributed by atoms with Gasteiger partial charge in [0.25, 0.3) is 0 Å². The van der Waals surface area contributed by atoms with Crippen LogP contribution in [-0.4, -0.2) is 26.6 Å². The first-order chi connectivity index (χ1) is 11.2. The molecule has 2 aromatic rings. The Morgan fingerprint density at radius 1 is 1.22 bits per heavy atom. The van der Waals surface area contributed by atoms with Gasteiger partial charge in [0, 0.05) is 31.7 Å². The number of pyridine rings is 1. The average Bonchev–Trinajstić information content (AvgIpc) is 3.29. The van der Waals surface area contributed by atoms with Crippen LogP contribution < -0.4 is 5.32 Å². The predicted molar refractivity (Wildman–Crippen MR) is 95.2 cm³/mol. The second kappa shape index (κ2) is 5.96. The standard InChI is InChI=1S/C18H22N4S/c1-21-17(13-9-11-22(12-13)14-6-2-3-7-14)16(20-18(21)23)15-8-4-5-10-19-15/h4-5,8-12,14,16-17H,2-3,6-7H2,1H3,(H,20,23). The molecule has 0 bridgehead atoms. The fraction of sp³-hybridized carbons (Fsp3) is 0.444. The first-order valence-corrected chi connectivity index (χ1v) is 8.76. The zero-order valence-corrected chi connectivity index (χ0v) is 14.2. The molecule has 4 nitrogen and oxygen atoms in total. The minimum atomic E-state index is 0.105. The minimum absolute atomic E-state index is 0.105. The van der Waals surface area contributed by atoms with E-state index in [-0.39, 0.29) is 12.1 Å². The largest absolute Gasteiger partial charge is 0.352 e. The molecule has 120 valence electrons. The van der Waals surface area contributed by atoms with Crippen molar-refractivity contribution in [3.05, 3.63) is 54.1 Å². The molecule has 2 atom stereocenters. The van der Waals surface area contributed by atoms with E-state index in [1.807, 2.05) is 18.3 Å². The molecule has 2 aliphatic rings. The summed E-state index contributed by atoms with van der Waals surface area (Å²) in [5.41, 5.74) is 2.35. The Hall–Kier alpha value is -1.88. The average molecular weight is 326 g/mol. The lowest BCUT2D eigenvalue weighted by Crippen LogP contribution is -2.24. The molecule has 5 heteroatoms. The Morgan fingerprint density at radius 2 is 2.04 bits per heavy atom. The SMILES string of the molecule is CN1C(=S)NC(c2ccccn2)C1c1ccn(C2CCCC2)c1. The second-order valence-electron chi connectivity index (χ2n) is 6.57. The number of nitrogens with one attached hydrogen (secondary N) is 1. The zero-order chi connectivity index (χ0) is 15.8. The van der Waals surface area contributed by atoms with Crippen LogP contribution in [0.4, 0.5) is 0 Å². The highest BCUT2D eigenvalue weighted by molar-refractivity contribution is 7.80. The molecule has 4 rings (SSSR count). The third-order valence-electron chi connectivity index (χ3n) is 5.16. The first-order valence-electron chi connectivity index (χ1n) is 8.35. The van der Waals surface area contributed by atoms with Gasteiger partial charge in [-0.2, -0.15) is 0 Å². The quantitative estimate of drug-likeness (QED) is 0.874. The van der Waals surface area contributed by atoms with Crippen LogP contribution in [0, 0.1) is 0 Å². The number of likely N-dealkylation sites (N-methyl/N-ethyl adjacent to an activating group) is 1. The van der Waals surface area contributed by atoms with Crippen LogP contribution in [0.25, 0.3) is 0 Å². The van der Waals surface area contributed by atoms with Crippen LogP contribution >= 0.6 is 12.2 Å². The van der Waals surface area contributed by atoms with Crippen LogP contribution in [0.15, 0.2) is 42.9 Å². The zero-order valence-electron chi connectivity index (χ0n) is 13.4. The van der Waals surface area contributed by atoms with Gasteiger partial charge in [0.05, 0.1) is 17.8 Å². The maximum Gasteiger partial charge on any atom is 0.169 e. The monoisotopic (exact) mass is 326 g/mol. The van der Waals surface area contributed by atoms with Gasteiger partial charge in [-0.3, -0.25) is 4.98 Å². The van der Waals surface area contributed by atoms with E-state index in [1.165, 1.54) is 31.2 Å². The van der Waals surface area contributed by atoms with Gasteiger partial charge >= 0.3 is 0 Å². The molecular weight excluding hydrogens is 304 g/mol. The van der Waals surface area contributed by atoms with Gasteiger partial charge < -0.3 is 14.8 Å². The molecule has 1 saturated heterocycles. The van der Waals surface area contributed by atoms with Crippen molar-refractivity contribution in [2.24, 2.45) is 0 Å². The number of thiocarbonyl (C=S) groups is 1. The Morgan fingerprint density at radius 3 is 2.78 bits per heavy atom. The van der Waals surface area contributed by atoms with Crippen LogP contribution in [0.2, 0.25) is 0 Å². The van der Waals surface area contributed by atoms with Gasteiger partial charge in [0.2, 0.25) is 0 Å². The number of rotatable bonds is 3. The minimum Gasteiger partial charge on any atom is -0.352 e. The van der Waals surface area contributed by atoms with Crippen molar-refractivity contribution < 1.29 is 0 Å². The highest BCUT2D eigenvalue weighted by atomic mass is 32.1. The van der Waals surface area contributed by atoms with Crippen molar-refractivity contribution in [2.75, 3.05) is 7.05 Å². The van der Waals surface area contributed by atoms with Crippen molar-refractivity contribution in [3.8, 4) is 0 Å². The van der Waals surface area contributed by atoms with E-state index in [2.05, 4.69) is 51.3 Å². The van der Waals surface area contributed by atoms with Gasteiger partial charge in [-0.25, -0.2) is 0 Å². The van der Waals surface area contributed by atoms with E-state index in [0.29, 0.717) is 6.04 Å². The van der Waals surface area contributed by atoms with Crippen molar-refractivity contribution in [1.29, 1.82) is 0 Å². The third-order valence-corrected chi connectivity index (χ3v) is 5.57. The third kappa shape index (κ3) is 2.63. The molecule has 1 saturated carbocycles. The number of nitrogens with zero attached hydrogens (tertiary/aromatic N) is 3. The highest BCUT2D eigenvalue weighted by Gasteiger charge is 2.38. The summed E-state index contributed by atoms with van der Waals surface area (Å²) in [4.78, 5) is 6.69. The van der Waals surface area contributed by atoms with E-state index in [1.54, 1.807) is 0 Å². The molecule has 2 aromatic heterocycles. The van der Waals surface area contributed by atoms with Crippen LogP contribution in [-0.2, 0) is 0 Å². The molecule has 0 spiro atoms. The van der Waals surface area contributed by atoms with Crippen molar-refractivity contribution in [2.45, 2.75) is 43.8 Å². The van der Waals surface area contributed by atoms with Gasteiger partial charge in [0.15, 0.2) is 5.11 Å². The van der Waals surface area contributed by atoms with Crippen LogP contribution in [0.1, 0.15) is 55.1 Å². The van der Waals surface area contributed by atoms with Crippen molar-refractivity contribution >= 4 is 17.3 Å². The van der Waals surface area contributed by atoms with Crippen LogP contribution in [0.5, 0.6) is 0 Å². The fourth-order valence-electron chi connectivity index (χ4n) is 3.91. The maximum atomic E-state index is 5.49. The van der Waals surface area contributed by atoms with Crippen molar-refractivity contribution in [3.63, 3.8) is 0 Å². The summed E-state index contributed by atoms with van der Waals surface area (Å²) < 4.78 is 2.40. The van der Waals surface area contributed by atoms with Gasteiger partial charge in [-0.05, 0) is 48.8 Å². The summed E-state index contributed by atoms with van der Waals surface area (Å²) in [6.07, 6.45) is 11.7. The van der Waals surface area contributed by atoms with Gasteiger partial charge in [-0.15, -0.1) is 0 Å². The molecule has 0 amide bonds. The van der Waals surface area contributed by atoms with E-state index in [4.69, 9.17) is 12.2 Å². The Labute approximate surface area is 142 Å². The summed E-state index contributed by atoms with van der Waals surface area (Å²) in [5, 5.41) is 4.22. The lowest BCUT2D eigenvalue weighted by molar-refractivity contribution is 0.367. The lowest BCUT2D eigenvalue weighted by Gasteiger charge is -2.23. The molecule has 23 heavy (non-hydrogen) atoms. The topological polar surface area (TPSA) is 33.1 Å². The summed E-state index contributed by atoms with van der Waals surface area (Å²) in [5.74, 6) is 0. The van der Waals surface area contributed by atoms with Crippen molar-refractivity contribution in [1.82, 2.24) is 19.8 Å². The number of hydrogen-bond acceptors (Lipinski definition) is 2. The first kappa shape index (κ1) is 14.7. The molecular formula is C18H22N4S. The second-order valence-corrected chi connectivity index (χ2v) is 6.95. The Kier molecular flexibility index (Phi) is 3.81.